The lowest BCUT2D eigenvalue weighted by Gasteiger charge is -2.34. The Morgan fingerprint density at radius 3 is 2.43 bits per heavy atom. The fourth-order valence-electron chi connectivity index (χ4n) is 3.57. The molecule has 30 heavy (non-hydrogen) atoms. The minimum Gasteiger partial charge on any atom is -0.396 e. The molecule has 0 bridgehead atoms. The Morgan fingerprint density at radius 1 is 1.20 bits per heavy atom. The molecule has 2 aromatic rings. The molecule has 0 unspecified atom stereocenters. The van der Waals surface area contributed by atoms with Crippen LogP contribution in [0.3, 0.4) is 0 Å². The molecule has 1 aromatic heterocycles. The molecule has 0 radical (unpaired) electrons. The molecule has 1 saturated heterocycles. The summed E-state index contributed by atoms with van der Waals surface area (Å²) in [7, 11) is -8.46. The molecule has 0 aliphatic carbocycles. The average Bonchev–Trinajstić information content (AvgIpc) is 3.25. The van der Waals surface area contributed by atoms with Crippen molar-refractivity contribution in [3.05, 3.63) is 12.1 Å². The van der Waals surface area contributed by atoms with Gasteiger partial charge in [-0.1, -0.05) is 0 Å². The van der Waals surface area contributed by atoms with E-state index in [0.717, 1.165) is 0 Å². The summed E-state index contributed by atoms with van der Waals surface area (Å²) < 4.78 is 50.9. The number of aromatic amines is 1. The van der Waals surface area contributed by atoms with Gasteiger partial charge in [0.25, 0.3) is 0 Å². The second-order valence-electron chi connectivity index (χ2n) is 7.14. The number of rotatable bonds is 8. The highest BCUT2D eigenvalue weighted by Crippen LogP contribution is 2.39. The maximum absolute atomic E-state index is 12.9. The molecular formula is C16H25N7O5S2. The Balaban J connectivity index is 2.23. The van der Waals surface area contributed by atoms with Gasteiger partial charge in [-0.3, -0.25) is 0 Å². The average molecular weight is 460 g/mol. The largest absolute Gasteiger partial charge is 0.396 e. The number of H-pyrrole nitrogens is 1. The van der Waals surface area contributed by atoms with Crippen molar-refractivity contribution in [3.8, 4) is 11.4 Å². The van der Waals surface area contributed by atoms with Gasteiger partial charge in [0, 0.05) is 25.4 Å². The molecule has 1 fully saturated rings. The van der Waals surface area contributed by atoms with Gasteiger partial charge >= 0.3 is 0 Å². The van der Waals surface area contributed by atoms with Crippen LogP contribution in [0.1, 0.15) is 19.3 Å². The van der Waals surface area contributed by atoms with E-state index in [-0.39, 0.29) is 42.6 Å². The van der Waals surface area contributed by atoms with Crippen LogP contribution >= 0.6 is 0 Å². The van der Waals surface area contributed by atoms with Gasteiger partial charge in [-0.15, -0.1) is 10.2 Å². The Morgan fingerprint density at radius 2 is 1.90 bits per heavy atom. The number of sulfone groups is 1. The molecule has 2 heterocycles. The van der Waals surface area contributed by atoms with Crippen molar-refractivity contribution in [3.63, 3.8) is 0 Å². The van der Waals surface area contributed by atoms with Gasteiger partial charge in [0.05, 0.1) is 16.2 Å². The second-order valence-corrected chi connectivity index (χ2v) is 10.7. The lowest BCUT2D eigenvalue weighted by Crippen LogP contribution is -2.35. The van der Waals surface area contributed by atoms with Crippen LogP contribution in [0.15, 0.2) is 21.9 Å². The van der Waals surface area contributed by atoms with E-state index < -0.39 is 29.7 Å². The number of sulfonamides is 1. The SMILES string of the molecule is NCCCS(=O)(=O)c1ccc(N2CCC(CO)CC2)c(-c2nn[nH]n2)c1S(N)(=O)=O. The lowest BCUT2D eigenvalue weighted by atomic mass is 9.97. The van der Waals surface area contributed by atoms with Crippen LogP contribution in [0, 0.1) is 5.92 Å². The first kappa shape index (κ1) is 22.6. The summed E-state index contributed by atoms with van der Waals surface area (Å²) in [6, 6.07) is 2.79. The van der Waals surface area contributed by atoms with Gasteiger partial charge < -0.3 is 15.7 Å². The topological polar surface area (TPSA) is 198 Å². The number of hydrogen-bond acceptors (Lipinski definition) is 10. The minimum atomic E-state index is -4.47. The summed E-state index contributed by atoms with van der Waals surface area (Å²) in [6.45, 7) is 1.30. The number of anilines is 1. The number of nitrogens with two attached hydrogens (primary N) is 2. The molecule has 14 heteroatoms. The Kier molecular flexibility index (Phi) is 6.71. The molecule has 6 N–H and O–H groups in total. The summed E-state index contributed by atoms with van der Waals surface area (Å²) >= 11 is 0. The third-order valence-electron chi connectivity index (χ3n) is 5.12. The first-order chi connectivity index (χ1) is 14.2. The Hall–Kier alpha value is -2.13. The van der Waals surface area contributed by atoms with Crippen molar-refractivity contribution in [1.82, 2.24) is 20.6 Å². The van der Waals surface area contributed by atoms with Gasteiger partial charge in [-0.2, -0.15) is 5.21 Å². The van der Waals surface area contributed by atoms with Crippen LogP contribution in [0.25, 0.3) is 11.4 Å². The number of primary sulfonamides is 1. The predicted octanol–water partition coefficient (Wildman–Crippen LogP) is -1.15. The van der Waals surface area contributed by atoms with Crippen LogP contribution in [-0.2, 0) is 19.9 Å². The van der Waals surface area contributed by atoms with Crippen LogP contribution in [0.2, 0.25) is 0 Å². The molecule has 12 nitrogen and oxygen atoms in total. The molecule has 3 rings (SSSR count). The summed E-state index contributed by atoms with van der Waals surface area (Å²) in [5, 5.41) is 28.4. The predicted molar refractivity (Wildman–Crippen MR) is 109 cm³/mol. The van der Waals surface area contributed by atoms with Crippen molar-refractivity contribution in [2.75, 3.05) is 36.9 Å². The standard InChI is InChI=1S/C16H25N7O5S2/c17-6-1-9-29(25,26)13-3-2-12(23-7-4-11(10-24)5-8-23)14(15(13)30(18,27)28)16-19-21-22-20-16/h2-3,11,24H,1,4-10,17H2,(H2,18,27,28)(H,19,20,21,22). The minimum absolute atomic E-state index is 0.0116. The van der Waals surface area contributed by atoms with Crippen molar-refractivity contribution >= 4 is 25.5 Å². The number of aliphatic hydroxyl groups is 1. The third-order valence-corrected chi connectivity index (χ3v) is 8.08. The number of piperidine rings is 1. The highest BCUT2D eigenvalue weighted by Gasteiger charge is 2.33. The number of hydrogen-bond donors (Lipinski definition) is 4. The molecule has 166 valence electrons. The van der Waals surface area contributed by atoms with Gasteiger partial charge in [0.15, 0.2) is 9.84 Å². The van der Waals surface area contributed by atoms with E-state index in [1.54, 1.807) is 0 Å². The van der Waals surface area contributed by atoms with Crippen molar-refractivity contribution < 1.29 is 21.9 Å². The maximum atomic E-state index is 12.9. The molecule has 0 atom stereocenters. The first-order valence-corrected chi connectivity index (χ1v) is 12.6. The van der Waals surface area contributed by atoms with E-state index in [1.165, 1.54) is 12.1 Å². The normalized spacial score (nSPS) is 16.2. The highest BCUT2D eigenvalue weighted by molar-refractivity contribution is 7.93. The highest BCUT2D eigenvalue weighted by atomic mass is 32.2. The van der Waals surface area contributed by atoms with E-state index in [1.807, 2.05) is 4.90 Å². The summed E-state index contributed by atoms with van der Waals surface area (Å²) in [6.07, 6.45) is 1.56. The van der Waals surface area contributed by atoms with E-state index in [0.29, 0.717) is 31.6 Å². The lowest BCUT2D eigenvalue weighted by molar-refractivity contribution is 0.203. The molecule has 1 aliphatic rings. The number of nitrogens with one attached hydrogen (secondary N) is 1. The quantitative estimate of drug-likeness (QED) is 0.373. The summed E-state index contributed by atoms with van der Waals surface area (Å²) in [5.74, 6) is -0.239. The first-order valence-electron chi connectivity index (χ1n) is 9.41. The monoisotopic (exact) mass is 459 g/mol. The van der Waals surface area contributed by atoms with Crippen LogP contribution in [0.5, 0.6) is 0 Å². The van der Waals surface area contributed by atoms with E-state index >= 15 is 0 Å². The number of aromatic nitrogens is 4. The fraction of sp³-hybridized carbons (Fsp3) is 0.562. The van der Waals surface area contributed by atoms with Crippen LogP contribution < -0.4 is 15.8 Å². The molecule has 0 spiro atoms. The van der Waals surface area contributed by atoms with Gasteiger partial charge in [0.1, 0.15) is 4.90 Å². The fourth-order valence-corrected chi connectivity index (χ4v) is 6.55. The van der Waals surface area contributed by atoms with E-state index in [9.17, 15) is 21.9 Å². The molecule has 1 aliphatic heterocycles. The number of aliphatic hydroxyl groups excluding tert-OH is 1. The van der Waals surface area contributed by atoms with Crippen molar-refractivity contribution in [2.45, 2.75) is 29.1 Å². The van der Waals surface area contributed by atoms with Gasteiger partial charge in [-0.25, -0.2) is 22.0 Å². The van der Waals surface area contributed by atoms with Gasteiger partial charge in [-0.05, 0) is 49.1 Å². The van der Waals surface area contributed by atoms with Gasteiger partial charge in [0.2, 0.25) is 15.8 Å². The van der Waals surface area contributed by atoms with Crippen molar-refractivity contribution in [2.24, 2.45) is 16.8 Å². The summed E-state index contributed by atoms with van der Waals surface area (Å²) in [5.41, 5.74) is 5.85. The molecule has 0 amide bonds. The van der Waals surface area contributed by atoms with Crippen molar-refractivity contribution in [1.29, 1.82) is 0 Å². The third kappa shape index (κ3) is 4.62. The number of benzene rings is 1. The number of nitrogens with zero attached hydrogens (tertiary/aromatic N) is 4. The number of tetrazole rings is 1. The zero-order valence-corrected chi connectivity index (χ0v) is 17.9. The molecule has 0 saturated carbocycles. The van der Waals surface area contributed by atoms with Crippen LogP contribution in [0.4, 0.5) is 5.69 Å². The Bertz CT molecular complexity index is 1080. The van der Waals surface area contributed by atoms with Crippen LogP contribution in [-0.4, -0.2) is 74.6 Å². The van der Waals surface area contributed by atoms with E-state index in [2.05, 4.69) is 20.6 Å². The Labute approximate surface area is 174 Å². The maximum Gasteiger partial charge on any atom is 0.240 e. The second kappa shape index (κ2) is 8.93. The molecule has 1 aromatic carbocycles. The zero-order chi connectivity index (χ0) is 21.9. The smallest absolute Gasteiger partial charge is 0.240 e. The van der Waals surface area contributed by atoms with E-state index in [4.69, 9.17) is 10.9 Å². The molecular weight excluding hydrogens is 434 g/mol. The zero-order valence-electron chi connectivity index (χ0n) is 16.2. The summed E-state index contributed by atoms with van der Waals surface area (Å²) in [4.78, 5) is 0.943.